The smallest absolute Gasteiger partial charge is 0.251 e. The first-order valence-corrected chi connectivity index (χ1v) is 10.7. The molecule has 1 N–H and O–H groups in total. The second kappa shape index (κ2) is 9.13. The van der Waals surface area contributed by atoms with Gasteiger partial charge in [0, 0.05) is 24.3 Å². The number of carbonyl (C=O) groups excluding carboxylic acids is 1. The van der Waals surface area contributed by atoms with E-state index < -0.39 is 0 Å². The zero-order valence-electron chi connectivity index (χ0n) is 17.1. The van der Waals surface area contributed by atoms with Crippen LogP contribution in [0.25, 0.3) is 0 Å². The highest BCUT2D eigenvalue weighted by atomic mass is 79.9. The first-order valence-electron chi connectivity index (χ1n) is 9.54. The Balaban J connectivity index is 1.56. The molecule has 6 nitrogen and oxygen atoms in total. The molecule has 0 radical (unpaired) electrons. The highest BCUT2D eigenvalue weighted by Gasteiger charge is 2.12. The molecule has 0 saturated heterocycles. The molecule has 0 aliphatic rings. The molecule has 3 rings (SSSR count). The molecule has 154 valence electrons. The minimum atomic E-state index is -0.0761. The van der Waals surface area contributed by atoms with E-state index in [4.69, 9.17) is 11.6 Å². The number of nitrogens with zero attached hydrogens (tertiary/aromatic N) is 4. The molecule has 0 spiro atoms. The number of amides is 1. The fourth-order valence-electron chi connectivity index (χ4n) is 3.24. The number of halogens is 2. The van der Waals surface area contributed by atoms with Crippen LogP contribution in [0.1, 0.15) is 45.1 Å². The molecule has 0 saturated carbocycles. The standard InChI is InChI=1S/C21H25BrClN5O/c1-13-19(22)15(3)27(25-13)10-6-9-24-21(29)18-8-5-7-17(11-18)12-28-16(4)20(23)14(2)26-28/h5,7-8,11H,6,9-10,12H2,1-4H3,(H,24,29). The van der Waals surface area contributed by atoms with Gasteiger partial charge in [-0.15, -0.1) is 0 Å². The highest BCUT2D eigenvalue weighted by molar-refractivity contribution is 9.10. The van der Waals surface area contributed by atoms with Gasteiger partial charge in [-0.25, -0.2) is 0 Å². The third kappa shape index (κ3) is 4.90. The lowest BCUT2D eigenvalue weighted by molar-refractivity contribution is 0.0952. The SMILES string of the molecule is Cc1nn(Cc2cccc(C(=O)NCCCn3nc(C)c(Br)c3C)c2)c(C)c1Cl. The van der Waals surface area contributed by atoms with Crippen molar-refractivity contribution in [2.75, 3.05) is 6.54 Å². The van der Waals surface area contributed by atoms with Crippen LogP contribution in [0.2, 0.25) is 5.02 Å². The quantitative estimate of drug-likeness (QED) is 0.505. The first-order chi connectivity index (χ1) is 13.8. The van der Waals surface area contributed by atoms with Crippen LogP contribution in [-0.2, 0) is 13.1 Å². The Labute approximate surface area is 184 Å². The molecule has 0 aliphatic heterocycles. The second-order valence-electron chi connectivity index (χ2n) is 7.16. The van der Waals surface area contributed by atoms with E-state index in [1.807, 2.05) is 61.3 Å². The van der Waals surface area contributed by atoms with Crippen molar-refractivity contribution in [2.45, 2.75) is 47.2 Å². The summed E-state index contributed by atoms with van der Waals surface area (Å²) in [5.41, 5.74) is 5.47. The van der Waals surface area contributed by atoms with Crippen LogP contribution in [0.4, 0.5) is 0 Å². The summed E-state index contributed by atoms with van der Waals surface area (Å²) >= 11 is 9.76. The number of aryl methyl sites for hydroxylation is 3. The monoisotopic (exact) mass is 477 g/mol. The third-order valence-corrected chi connectivity index (χ3v) is 6.63. The maximum atomic E-state index is 12.5. The van der Waals surface area contributed by atoms with E-state index in [1.165, 1.54) is 0 Å². The van der Waals surface area contributed by atoms with Crippen molar-refractivity contribution in [2.24, 2.45) is 0 Å². The predicted octanol–water partition coefficient (Wildman–Crippen LogP) is 4.60. The molecule has 1 aromatic carbocycles. The van der Waals surface area contributed by atoms with Gasteiger partial charge in [-0.2, -0.15) is 10.2 Å². The number of rotatable bonds is 7. The van der Waals surface area contributed by atoms with Gasteiger partial charge in [-0.1, -0.05) is 23.7 Å². The van der Waals surface area contributed by atoms with Gasteiger partial charge in [0.15, 0.2) is 0 Å². The summed E-state index contributed by atoms with van der Waals surface area (Å²) in [7, 11) is 0. The summed E-state index contributed by atoms with van der Waals surface area (Å²) in [6.07, 6.45) is 0.810. The molecule has 0 atom stereocenters. The summed E-state index contributed by atoms with van der Waals surface area (Å²) in [6, 6.07) is 7.61. The molecular formula is C21H25BrClN5O. The predicted molar refractivity (Wildman–Crippen MR) is 119 cm³/mol. The number of aromatic nitrogens is 4. The van der Waals surface area contributed by atoms with Crippen molar-refractivity contribution in [3.05, 3.63) is 67.7 Å². The van der Waals surface area contributed by atoms with Gasteiger partial charge in [0.05, 0.1) is 33.1 Å². The molecule has 2 heterocycles. The van der Waals surface area contributed by atoms with E-state index in [2.05, 4.69) is 31.4 Å². The van der Waals surface area contributed by atoms with Gasteiger partial charge in [0.25, 0.3) is 5.91 Å². The molecule has 0 bridgehead atoms. The largest absolute Gasteiger partial charge is 0.352 e. The van der Waals surface area contributed by atoms with Crippen LogP contribution in [0.3, 0.4) is 0 Å². The van der Waals surface area contributed by atoms with Gasteiger partial charge < -0.3 is 5.32 Å². The van der Waals surface area contributed by atoms with Crippen LogP contribution in [0.5, 0.6) is 0 Å². The van der Waals surface area contributed by atoms with Gasteiger partial charge in [-0.05, 0) is 67.7 Å². The third-order valence-electron chi connectivity index (χ3n) is 4.94. The topological polar surface area (TPSA) is 64.7 Å². The number of nitrogens with one attached hydrogen (secondary N) is 1. The Morgan fingerprint density at radius 3 is 2.45 bits per heavy atom. The van der Waals surface area contributed by atoms with Gasteiger partial charge in [0.2, 0.25) is 0 Å². The Morgan fingerprint density at radius 2 is 1.83 bits per heavy atom. The Kier molecular flexibility index (Phi) is 6.80. The molecular weight excluding hydrogens is 454 g/mol. The molecule has 2 aromatic heterocycles. The molecule has 0 unspecified atom stereocenters. The lowest BCUT2D eigenvalue weighted by Gasteiger charge is -2.09. The fraction of sp³-hybridized carbons (Fsp3) is 0.381. The van der Waals surface area contributed by atoms with Gasteiger partial charge >= 0.3 is 0 Å². The fourth-order valence-corrected chi connectivity index (χ4v) is 3.66. The summed E-state index contributed by atoms with van der Waals surface area (Å²) < 4.78 is 4.87. The maximum Gasteiger partial charge on any atom is 0.251 e. The zero-order chi connectivity index (χ0) is 21.1. The zero-order valence-corrected chi connectivity index (χ0v) is 19.4. The minimum Gasteiger partial charge on any atom is -0.352 e. The number of benzene rings is 1. The van der Waals surface area contributed by atoms with Gasteiger partial charge in [-0.3, -0.25) is 14.2 Å². The summed E-state index contributed by atoms with van der Waals surface area (Å²) in [5, 5.41) is 12.6. The minimum absolute atomic E-state index is 0.0761. The van der Waals surface area contributed by atoms with E-state index in [9.17, 15) is 4.79 Å². The van der Waals surface area contributed by atoms with Crippen LogP contribution < -0.4 is 5.32 Å². The van der Waals surface area contributed by atoms with Crippen LogP contribution >= 0.6 is 27.5 Å². The molecule has 29 heavy (non-hydrogen) atoms. The van der Waals surface area contributed by atoms with Gasteiger partial charge in [0.1, 0.15) is 0 Å². The lowest BCUT2D eigenvalue weighted by Crippen LogP contribution is -2.25. The second-order valence-corrected chi connectivity index (χ2v) is 8.33. The highest BCUT2D eigenvalue weighted by Crippen LogP contribution is 2.21. The van der Waals surface area contributed by atoms with E-state index in [0.717, 1.165) is 45.8 Å². The Morgan fingerprint density at radius 1 is 1.10 bits per heavy atom. The van der Waals surface area contributed by atoms with Crippen LogP contribution in [0, 0.1) is 27.7 Å². The molecule has 0 aliphatic carbocycles. The Hall–Kier alpha value is -2.12. The van der Waals surface area contributed by atoms with Crippen LogP contribution in [-0.4, -0.2) is 32.0 Å². The van der Waals surface area contributed by atoms with E-state index >= 15 is 0 Å². The summed E-state index contributed by atoms with van der Waals surface area (Å²) in [6.45, 7) is 9.77. The molecule has 1 amide bonds. The molecule has 0 fully saturated rings. The number of hydrogen-bond donors (Lipinski definition) is 1. The number of carbonyl (C=O) groups is 1. The molecule has 8 heteroatoms. The summed E-state index contributed by atoms with van der Waals surface area (Å²) in [4.78, 5) is 12.5. The normalized spacial score (nSPS) is 11.1. The lowest BCUT2D eigenvalue weighted by atomic mass is 10.1. The summed E-state index contributed by atoms with van der Waals surface area (Å²) in [5.74, 6) is -0.0761. The van der Waals surface area contributed by atoms with Crippen molar-refractivity contribution in [3.63, 3.8) is 0 Å². The van der Waals surface area contributed by atoms with E-state index in [0.29, 0.717) is 23.7 Å². The van der Waals surface area contributed by atoms with Crippen molar-refractivity contribution in [1.82, 2.24) is 24.9 Å². The maximum absolute atomic E-state index is 12.5. The number of hydrogen-bond acceptors (Lipinski definition) is 3. The average Bonchev–Trinajstić information content (AvgIpc) is 3.09. The average molecular weight is 479 g/mol. The first kappa shape index (κ1) is 21.6. The van der Waals surface area contributed by atoms with E-state index in [-0.39, 0.29) is 5.91 Å². The van der Waals surface area contributed by atoms with E-state index in [1.54, 1.807) is 0 Å². The van der Waals surface area contributed by atoms with Crippen molar-refractivity contribution >= 4 is 33.4 Å². The Bertz CT molecular complexity index is 1040. The van der Waals surface area contributed by atoms with Crippen molar-refractivity contribution in [1.29, 1.82) is 0 Å². The van der Waals surface area contributed by atoms with Crippen molar-refractivity contribution < 1.29 is 4.79 Å². The van der Waals surface area contributed by atoms with Crippen LogP contribution in [0.15, 0.2) is 28.7 Å². The molecule has 3 aromatic rings. The van der Waals surface area contributed by atoms with Crippen molar-refractivity contribution in [3.8, 4) is 0 Å².